The molecule has 98 valence electrons. The lowest BCUT2D eigenvalue weighted by molar-refractivity contribution is -0.118. The Morgan fingerprint density at radius 1 is 1.11 bits per heavy atom. The fourth-order valence-corrected chi connectivity index (χ4v) is 1.60. The zero-order chi connectivity index (χ0) is 13.7. The number of carbonyl (C=O) groups is 2. The van der Waals surface area contributed by atoms with Gasteiger partial charge in [0.15, 0.2) is 5.69 Å². The Hall–Kier alpha value is -2.50. The summed E-state index contributed by atoms with van der Waals surface area (Å²) < 4.78 is 0. The molecule has 1 aromatic heterocycles. The van der Waals surface area contributed by atoms with Gasteiger partial charge < -0.3 is 10.6 Å². The van der Waals surface area contributed by atoms with Gasteiger partial charge >= 0.3 is 0 Å². The van der Waals surface area contributed by atoms with Gasteiger partial charge in [-0.3, -0.25) is 9.59 Å². The highest BCUT2D eigenvalue weighted by Crippen LogP contribution is 2.10. The largest absolute Gasteiger partial charge is 0.355 e. The maximum Gasteiger partial charge on any atom is 0.271 e. The van der Waals surface area contributed by atoms with E-state index >= 15 is 0 Å². The van der Waals surface area contributed by atoms with Crippen LogP contribution in [0.2, 0.25) is 0 Å². The van der Waals surface area contributed by atoms with Crippen molar-refractivity contribution in [3.05, 3.63) is 36.0 Å². The maximum absolute atomic E-state index is 11.8. The first-order chi connectivity index (χ1) is 9.16. The van der Waals surface area contributed by atoms with Crippen LogP contribution in [0.4, 0.5) is 0 Å². The highest BCUT2D eigenvalue weighted by Gasteiger charge is 2.08. The molecule has 2 N–H and O–H groups in total. The Bertz CT molecular complexity index is 612. The number of benzene rings is 1. The van der Waals surface area contributed by atoms with Crippen LogP contribution in [0.25, 0.3) is 10.9 Å². The molecular formula is C13H14N4O2. The Kier molecular flexibility index (Phi) is 4.02. The summed E-state index contributed by atoms with van der Waals surface area (Å²) in [7, 11) is 0. The summed E-state index contributed by atoms with van der Waals surface area (Å²) in [6.07, 6.45) is 0. The third-order valence-electron chi connectivity index (χ3n) is 2.51. The number of carbonyl (C=O) groups excluding carboxylic acids is 2. The van der Waals surface area contributed by atoms with E-state index in [1.807, 2.05) is 24.3 Å². The summed E-state index contributed by atoms with van der Waals surface area (Å²) in [6, 6.07) is 9.14. The molecule has 2 rings (SSSR count). The molecule has 1 aromatic carbocycles. The van der Waals surface area contributed by atoms with Crippen molar-refractivity contribution in [3.63, 3.8) is 0 Å². The molecule has 0 aliphatic heterocycles. The van der Waals surface area contributed by atoms with Gasteiger partial charge in [0.05, 0.1) is 5.52 Å². The Morgan fingerprint density at radius 2 is 1.84 bits per heavy atom. The third kappa shape index (κ3) is 3.48. The smallest absolute Gasteiger partial charge is 0.271 e. The van der Waals surface area contributed by atoms with E-state index in [1.165, 1.54) is 6.92 Å². The van der Waals surface area contributed by atoms with Crippen molar-refractivity contribution < 1.29 is 9.59 Å². The van der Waals surface area contributed by atoms with Crippen molar-refractivity contribution in [2.24, 2.45) is 0 Å². The number of hydrogen-bond donors (Lipinski definition) is 2. The Labute approximate surface area is 110 Å². The highest BCUT2D eigenvalue weighted by atomic mass is 16.2. The minimum absolute atomic E-state index is 0.125. The standard InChI is InChI=1S/C13H14N4O2/c1-9(18)14-6-7-15-13(19)12-8-10-4-2-3-5-11(10)16-17-12/h2-5,8H,6-7H2,1H3,(H,14,18)(H,15,19). The molecule has 2 aromatic rings. The van der Waals surface area contributed by atoms with Gasteiger partial charge in [-0.1, -0.05) is 18.2 Å². The molecule has 6 heteroatoms. The number of rotatable bonds is 4. The normalized spacial score (nSPS) is 10.2. The molecule has 0 saturated heterocycles. The van der Waals surface area contributed by atoms with E-state index < -0.39 is 0 Å². The second-order valence-corrected chi connectivity index (χ2v) is 4.03. The van der Waals surface area contributed by atoms with Crippen LogP contribution in [-0.4, -0.2) is 35.1 Å². The van der Waals surface area contributed by atoms with Crippen LogP contribution in [0.3, 0.4) is 0 Å². The van der Waals surface area contributed by atoms with E-state index in [2.05, 4.69) is 20.8 Å². The molecule has 0 atom stereocenters. The monoisotopic (exact) mass is 258 g/mol. The lowest BCUT2D eigenvalue weighted by Gasteiger charge is -2.05. The quantitative estimate of drug-likeness (QED) is 0.782. The summed E-state index contributed by atoms with van der Waals surface area (Å²) in [5, 5.41) is 14.0. The fourth-order valence-electron chi connectivity index (χ4n) is 1.60. The van der Waals surface area contributed by atoms with Crippen LogP contribution >= 0.6 is 0 Å². The number of fused-ring (bicyclic) bond motifs is 1. The van der Waals surface area contributed by atoms with E-state index in [1.54, 1.807) is 6.07 Å². The first kappa shape index (κ1) is 12.9. The lowest BCUT2D eigenvalue weighted by Crippen LogP contribution is -2.34. The molecular weight excluding hydrogens is 244 g/mol. The van der Waals surface area contributed by atoms with E-state index in [9.17, 15) is 9.59 Å². The van der Waals surface area contributed by atoms with Crippen molar-refractivity contribution in [2.45, 2.75) is 6.92 Å². The van der Waals surface area contributed by atoms with Gasteiger partial charge in [0.2, 0.25) is 5.91 Å². The minimum Gasteiger partial charge on any atom is -0.355 e. The van der Waals surface area contributed by atoms with Crippen LogP contribution in [0.1, 0.15) is 17.4 Å². The molecule has 0 fully saturated rings. The molecule has 0 spiro atoms. The van der Waals surface area contributed by atoms with E-state index in [-0.39, 0.29) is 17.5 Å². The zero-order valence-corrected chi connectivity index (χ0v) is 10.5. The highest BCUT2D eigenvalue weighted by molar-refractivity contribution is 5.95. The Balaban J connectivity index is 1.99. The number of nitrogens with zero attached hydrogens (tertiary/aromatic N) is 2. The van der Waals surface area contributed by atoms with Crippen molar-refractivity contribution in [2.75, 3.05) is 13.1 Å². The molecule has 0 saturated carbocycles. The van der Waals surface area contributed by atoms with Gasteiger partial charge in [-0.25, -0.2) is 0 Å². The van der Waals surface area contributed by atoms with Crippen LogP contribution < -0.4 is 10.6 Å². The molecule has 6 nitrogen and oxygen atoms in total. The van der Waals surface area contributed by atoms with Gasteiger partial charge in [0.25, 0.3) is 5.91 Å². The van der Waals surface area contributed by atoms with E-state index in [0.29, 0.717) is 13.1 Å². The molecule has 1 heterocycles. The third-order valence-corrected chi connectivity index (χ3v) is 2.51. The Morgan fingerprint density at radius 3 is 2.63 bits per heavy atom. The summed E-state index contributed by atoms with van der Waals surface area (Å²) in [6.45, 7) is 2.17. The van der Waals surface area contributed by atoms with Crippen LogP contribution in [0.5, 0.6) is 0 Å². The van der Waals surface area contributed by atoms with Crippen molar-refractivity contribution >= 4 is 22.7 Å². The van der Waals surface area contributed by atoms with Crippen LogP contribution in [-0.2, 0) is 4.79 Å². The molecule has 0 bridgehead atoms. The second-order valence-electron chi connectivity index (χ2n) is 4.03. The van der Waals surface area contributed by atoms with Crippen LogP contribution in [0.15, 0.2) is 30.3 Å². The molecule has 0 unspecified atom stereocenters. The molecule has 0 radical (unpaired) electrons. The first-order valence-corrected chi connectivity index (χ1v) is 5.92. The summed E-state index contributed by atoms with van der Waals surface area (Å²) in [5.41, 5.74) is 1.01. The SMILES string of the molecule is CC(=O)NCCNC(=O)c1cc2ccccc2nn1. The molecule has 0 aliphatic rings. The molecule has 0 aliphatic carbocycles. The fraction of sp³-hybridized carbons (Fsp3) is 0.231. The van der Waals surface area contributed by atoms with Crippen molar-refractivity contribution in [3.8, 4) is 0 Å². The number of aromatic nitrogens is 2. The van der Waals surface area contributed by atoms with E-state index in [4.69, 9.17) is 0 Å². The van der Waals surface area contributed by atoms with Gasteiger partial charge in [0, 0.05) is 25.4 Å². The van der Waals surface area contributed by atoms with Gasteiger partial charge in [-0.05, 0) is 12.1 Å². The predicted molar refractivity (Wildman–Crippen MR) is 70.6 cm³/mol. The number of hydrogen-bond acceptors (Lipinski definition) is 4. The summed E-state index contributed by atoms with van der Waals surface area (Å²) in [4.78, 5) is 22.5. The van der Waals surface area contributed by atoms with Crippen molar-refractivity contribution in [1.29, 1.82) is 0 Å². The van der Waals surface area contributed by atoms with E-state index in [0.717, 1.165) is 10.9 Å². The predicted octanol–water partition coefficient (Wildman–Crippen LogP) is 0.496. The average Bonchev–Trinajstić information content (AvgIpc) is 2.42. The average molecular weight is 258 g/mol. The summed E-state index contributed by atoms with van der Waals surface area (Å²) >= 11 is 0. The lowest BCUT2D eigenvalue weighted by atomic mass is 10.2. The molecule has 19 heavy (non-hydrogen) atoms. The zero-order valence-electron chi connectivity index (χ0n) is 10.5. The number of nitrogens with one attached hydrogen (secondary N) is 2. The maximum atomic E-state index is 11.8. The van der Waals surface area contributed by atoms with Gasteiger partial charge in [-0.2, -0.15) is 0 Å². The minimum atomic E-state index is -0.302. The van der Waals surface area contributed by atoms with Crippen molar-refractivity contribution in [1.82, 2.24) is 20.8 Å². The topological polar surface area (TPSA) is 84.0 Å². The van der Waals surface area contributed by atoms with Gasteiger partial charge in [-0.15, -0.1) is 10.2 Å². The van der Waals surface area contributed by atoms with Crippen LogP contribution in [0, 0.1) is 0 Å². The second kappa shape index (κ2) is 5.90. The molecule has 2 amide bonds. The first-order valence-electron chi connectivity index (χ1n) is 5.92. The van der Waals surface area contributed by atoms with Gasteiger partial charge in [0.1, 0.15) is 0 Å². The summed E-state index contributed by atoms with van der Waals surface area (Å²) in [5.74, 6) is -0.427. The number of amides is 2.